The molecule has 0 aliphatic heterocycles. The largest absolute Gasteiger partial charge is 0.0683 e. The summed E-state index contributed by atoms with van der Waals surface area (Å²) in [5.74, 6) is 0. The highest BCUT2D eigenvalue weighted by atomic mass is 14.4. The van der Waals surface area contributed by atoms with Gasteiger partial charge in [-0.2, -0.15) is 0 Å². The Morgan fingerprint density at radius 2 is 1.07 bits per heavy atom. The van der Waals surface area contributed by atoms with E-state index in [2.05, 4.69) is 86.6 Å². The molecule has 0 saturated carbocycles. The fraction of sp³-hybridized carbons (Fsp3) is 0.310. The van der Waals surface area contributed by atoms with Gasteiger partial charge in [-0.25, -0.2) is 0 Å². The van der Waals surface area contributed by atoms with Crippen LogP contribution in [-0.4, -0.2) is 0 Å². The smallest absolute Gasteiger partial charge is 0.0159 e. The Kier molecular flexibility index (Phi) is 7.62. The molecule has 0 heteroatoms. The Bertz CT molecular complexity index is 1080. The summed E-state index contributed by atoms with van der Waals surface area (Å²) in [7, 11) is 0. The van der Waals surface area contributed by atoms with E-state index in [9.17, 15) is 0 Å². The summed E-state index contributed by atoms with van der Waals surface area (Å²) < 4.78 is 0. The SMILES string of the molecule is CC.CC.CC.CC1(C)c2ccccc2-c2cc3c(ccc4ccccc43)cc21. The lowest BCUT2D eigenvalue weighted by molar-refractivity contribution is 0.661. The molecule has 29 heavy (non-hydrogen) atoms. The van der Waals surface area contributed by atoms with E-state index in [1.54, 1.807) is 0 Å². The summed E-state index contributed by atoms with van der Waals surface area (Å²) in [6, 6.07) is 26.8. The molecule has 0 saturated heterocycles. The lowest BCUT2D eigenvalue weighted by Gasteiger charge is -2.21. The van der Waals surface area contributed by atoms with Crippen molar-refractivity contribution in [1.82, 2.24) is 0 Å². The third kappa shape index (κ3) is 3.81. The highest BCUT2D eigenvalue weighted by Crippen LogP contribution is 2.50. The van der Waals surface area contributed by atoms with Crippen LogP contribution in [-0.2, 0) is 5.41 Å². The van der Waals surface area contributed by atoms with Gasteiger partial charge in [-0.15, -0.1) is 0 Å². The van der Waals surface area contributed by atoms with Crippen molar-refractivity contribution in [1.29, 1.82) is 0 Å². The molecule has 0 amide bonds. The number of hydrogen-bond acceptors (Lipinski definition) is 0. The van der Waals surface area contributed by atoms with Gasteiger partial charge in [-0.1, -0.05) is 116 Å². The molecule has 1 aliphatic rings. The summed E-state index contributed by atoms with van der Waals surface area (Å²) in [6.07, 6.45) is 0. The van der Waals surface area contributed by atoms with Crippen LogP contribution in [0.4, 0.5) is 0 Å². The first kappa shape index (κ1) is 22.7. The van der Waals surface area contributed by atoms with Crippen molar-refractivity contribution in [2.75, 3.05) is 0 Å². The van der Waals surface area contributed by atoms with Crippen LogP contribution in [0.25, 0.3) is 32.7 Å². The zero-order valence-corrected chi connectivity index (χ0v) is 19.4. The molecule has 0 aromatic heterocycles. The van der Waals surface area contributed by atoms with Crippen LogP contribution in [0.2, 0.25) is 0 Å². The zero-order valence-electron chi connectivity index (χ0n) is 19.4. The van der Waals surface area contributed by atoms with Crippen LogP contribution in [0.5, 0.6) is 0 Å². The van der Waals surface area contributed by atoms with Gasteiger partial charge >= 0.3 is 0 Å². The minimum Gasteiger partial charge on any atom is -0.0683 e. The third-order valence-corrected chi connectivity index (χ3v) is 5.45. The molecule has 0 spiro atoms. The second-order valence-electron chi connectivity index (χ2n) is 7.08. The fourth-order valence-electron chi connectivity index (χ4n) is 4.20. The lowest BCUT2D eigenvalue weighted by atomic mass is 9.82. The molecule has 0 N–H and O–H groups in total. The standard InChI is InChI=1S/C23H18.3C2H6/c1-23(2)21-10-6-5-9-18(21)20-14-19-16(13-22(20)23)12-11-15-7-3-4-8-17(15)19;3*1-2/h3-14H,1-2H3;3*1-2H3. The second-order valence-corrected chi connectivity index (χ2v) is 7.08. The summed E-state index contributed by atoms with van der Waals surface area (Å²) >= 11 is 0. The highest BCUT2D eigenvalue weighted by molar-refractivity contribution is 6.09. The minimum absolute atomic E-state index is 0.0752. The molecule has 152 valence electrons. The highest BCUT2D eigenvalue weighted by Gasteiger charge is 2.35. The van der Waals surface area contributed by atoms with Crippen LogP contribution in [0.15, 0.2) is 72.8 Å². The van der Waals surface area contributed by atoms with E-state index in [1.807, 2.05) is 41.5 Å². The first-order chi connectivity index (χ1) is 14.2. The van der Waals surface area contributed by atoms with Crippen LogP contribution in [0.1, 0.15) is 66.5 Å². The average Bonchev–Trinajstić information content (AvgIpc) is 3.03. The summed E-state index contributed by atoms with van der Waals surface area (Å²) in [5, 5.41) is 5.35. The maximum atomic E-state index is 2.40. The Hall–Kier alpha value is -2.60. The Morgan fingerprint density at radius 3 is 1.79 bits per heavy atom. The van der Waals surface area contributed by atoms with E-state index in [1.165, 1.54) is 43.8 Å². The van der Waals surface area contributed by atoms with Crippen molar-refractivity contribution in [2.24, 2.45) is 0 Å². The van der Waals surface area contributed by atoms with E-state index >= 15 is 0 Å². The molecule has 0 atom stereocenters. The second kappa shape index (κ2) is 9.74. The van der Waals surface area contributed by atoms with E-state index < -0.39 is 0 Å². The van der Waals surface area contributed by atoms with Crippen molar-refractivity contribution in [2.45, 2.75) is 60.8 Å². The molecule has 4 aromatic rings. The normalized spacial score (nSPS) is 12.4. The Balaban J connectivity index is 0.000000461. The number of rotatable bonds is 0. The minimum atomic E-state index is 0.0752. The van der Waals surface area contributed by atoms with Gasteiger partial charge in [-0.3, -0.25) is 0 Å². The Labute approximate surface area is 177 Å². The molecular weight excluding hydrogens is 348 g/mol. The van der Waals surface area contributed by atoms with Gasteiger partial charge in [0.15, 0.2) is 0 Å². The third-order valence-electron chi connectivity index (χ3n) is 5.45. The lowest BCUT2D eigenvalue weighted by Crippen LogP contribution is -2.14. The average molecular weight is 385 g/mol. The van der Waals surface area contributed by atoms with Crippen molar-refractivity contribution >= 4 is 21.5 Å². The Morgan fingerprint density at radius 1 is 0.483 bits per heavy atom. The quantitative estimate of drug-likeness (QED) is 0.265. The molecule has 0 radical (unpaired) electrons. The predicted molar refractivity (Wildman–Crippen MR) is 133 cm³/mol. The number of hydrogen-bond donors (Lipinski definition) is 0. The number of fused-ring (bicyclic) bond motifs is 6. The van der Waals surface area contributed by atoms with Crippen molar-refractivity contribution in [3.05, 3.63) is 83.9 Å². The predicted octanol–water partition coefficient (Wildman–Crippen LogP) is 9.38. The van der Waals surface area contributed by atoms with Crippen molar-refractivity contribution < 1.29 is 0 Å². The molecular formula is C29H36. The van der Waals surface area contributed by atoms with Gasteiger partial charge < -0.3 is 0 Å². The molecule has 0 unspecified atom stereocenters. The fourth-order valence-corrected chi connectivity index (χ4v) is 4.20. The van der Waals surface area contributed by atoms with Gasteiger partial charge in [-0.05, 0) is 55.9 Å². The van der Waals surface area contributed by atoms with Crippen LogP contribution >= 0.6 is 0 Å². The van der Waals surface area contributed by atoms with Gasteiger partial charge in [0.05, 0.1) is 0 Å². The topological polar surface area (TPSA) is 0 Å². The molecule has 0 nitrogen and oxygen atoms in total. The molecule has 0 fully saturated rings. The first-order valence-corrected chi connectivity index (χ1v) is 11.2. The van der Waals surface area contributed by atoms with E-state index in [0.29, 0.717) is 0 Å². The van der Waals surface area contributed by atoms with E-state index in [-0.39, 0.29) is 5.41 Å². The van der Waals surface area contributed by atoms with Crippen LogP contribution in [0, 0.1) is 0 Å². The van der Waals surface area contributed by atoms with Crippen molar-refractivity contribution in [3.63, 3.8) is 0 Å². The van der Waals surface area contributed by atoms with Crippen LogP contribution < -0.4 is 0 Å². The first-order valence-electron chi connectivity index (χ1n) is 11.2. The van der Waals surface area contributed by atoms with Crippen LogP contribution in [0.3, 0.4) is 0 Å². The molecule has 1 aliphatic carbocycles. The van der Waals surface area contributed by atoms with Gasteiger partial charge in [0.1, 0.15) is 0 Å². The maximum Gasteiger partial charge on any atom is 0.0159 e. The van der Waals surface area contributed by atoms with Gasteiger partial charge in [0, 0.05) is 5.41 Å². The van der Waals surface area contributed by atoms with Gasteiger partial charge in [0.2, 0.25) is 0 Å². The summed E-state index contributed by atoms with van der Waals surface area (Å²) in [5.41, 5.74) is 5.75. The summed E-state index contributed by atoms with van der Waals surface area (Å²) in [6.45, 7) is 16.7. The zero-order chi connectivity index (χ0) is 21.6. The molecule has 5 rings (SSSR count). The number of benzene rings is 4. The summed E-state index contributed by atoms with van der Waals surface area (Å²) in [4.78, 5) is 0. The molecule has 4 aromatic carbocycles. The van der Waals surface area contributed by atoms with Gasteiger partial charge in [0.25, 0.3) is 0 Å². The van der Waals surface area contributed by atoms with E-state index in [0.717, 1.165) is 0 Å². The maximum absolute atomic E-state index is 2.40. The molecule has 0 heterocycles. The molecule has 0 bridgehead atoms. The van der Waals surface area contributed by atoms with Crippen molar-refractivity contribution in [3.8, 4) is 11.1 Å². The van der Waals surface area contributed by atoms with E-state index in [4.69, 9.17) is 0 Å². The monoisotopic (exact) mass is 384 g/mol.